The largest absolute Gasteiger partial charge is 0.458 e. The number of anilines is 1. The third-order valence-electron chi connectivity index (χ3n) is 3.75. The van der Waals surface area contributed by atoms with Crippen LogP contribution in [0.5, 0.6) is 0 Å². The Morgan fingerprint density at radius 2 is 1.58 bits per heavy atom. The molecule has 26 heavy (non-hydrogen) atoms. The number of pyridine rings is 1. The van der Waals surface area contributed by atoms with Gasteiger partial charge in [0.1, 0.15) is 0 Å². The molecule has 2 aromatic carbocycles. The van der Waals surface area contributed by atoms with Crippen molar-refractivity contribution in [3.8, 4) is 0 Å². The zero-order chi connectivity index (χ0) is 18.9. The Morgan fingerprint density at radius 1 is 0.885 bits per heavy atom. The summed E-state index contributed by atoms with van der Waals surface area (Å²) in [5, 5.41) is 2.10. The number of amides is 1. The minimum absolute atomic E-state index is 0.0381. The van der Waals surface area contributed by atoms with Crippen LogP contribution in [0.2, 0.25) is 0 Å². The van der Waals surface area contributed by atoms with Crippen molar-refractivity contribution in [3.05, 3.63) is 71.9 Å². The lowest BCUT2D eigenvalue weighted by molar-refractivity contribution is -0.288. The van der Waals surface area contributed by atoms with E-state index in [2.05, 4.69) is 10.3 Å². The Balaban J connectivity index is 2.08. The fraction of sp³-hybridized carbons (Fsp3) is 0.111. The number of halogens is 5. The molecule has 0 aliphatic rings. The maximum Gasteiger partial charge on any atom is 0.458 e. The van der Waals surface area contributed by atoms with Crippen molar-refractivity contribution in [3.63, 3.8) is 0 Å². The van der Waals surface area contributed by atoms with E-state index in [1.165, 1.54) is 24.4 Å². The van der Waals surface area contributed by atoms with Crippen LogP contribution in [0, 0.1) is 0 Å². The number of fused-ring (bicyclic) bond motifs is 1. The van der Waals surface area contributed by atoms with Gasteiger partial charge >= 0.3 is 12.1 Å². The molecule has 0 spiro atoms. The maximum atomic E-state index is 13.8. The standard InChI is InChI=1S/C18H11F5N2O/c19-17(20,18(21,22)23)13-8-9-14(15-12(13)7-4-10-24-15)25-16(26)11-5-2-1-3-6-11/h1-10H,(H,25,26). The van der Waals surface area contributed by atoms with Gasteiger partial charge in [0.15, 0.2) is 0 Å². The molecule has 0 atom stereocenters. The molecular weight excluding hydrogens is 355 g/mol. The zero-order valence-electron chi connectivity index (χ0n) is 13.0. The van der Waals surface area contributed by atoms with Crippen molar-refractivity contribution >= 4 is 22.5 Å². The van der Waals surface area contributed by atoms with Gasteiger partial charge in [0.25, 0.3) is 5.91 Å². The van der Waals surface area contributed by atoms with Gasteiger partial charge in [0, 0.05) is 22.7 Å². The smallest absolute Gasteiger partial charge is 0.320 e. The minimum atomic E-state index is -5.75. The number of carbonyl (C=O) groups is 1. The van der Waals surface area contributed by atoms with Gasteiger partial charge in [-0.1, -0.05) is 24.3 Å². The molecule has 1 amide bonds. The topological polar surface area (TPSA) is 42.0 Å². The quantitative estimate of drug-likeness (QED) is 0.652. The van der Waals surface area contributed by atoms with Crippen molar-refractivity contribution in [2.24, 2.45) is 0 Å². The number of nitrogens with one attached hydrogen (secondary N) is 1. The summed E-state index contributed by atoms with van der Waals surface area (Å²) in [6.45, 7) is 0. The Bertz CT molecular complexity index is 955. The van der Waals surface area contributed by atoms with Crippen LogP contribution in [-0.4, -0.2) is 17.1 Å². The summed E-state index contributed by atoms with van der Waals surface area (Å²) in [5.41, 5.74) is -1.03. The van der Waals surface area contributed by atoms with Gasteiger partial charge in [-0.15, -0.1) is 0 Å². The highest BCUT2D eigenvalue weighted by molar-refractivity contribution is 6.08. The van der Waals surface area contributed by atoms with Crippen LogP contribution in [0.3, 0.4) is 0 Å². The Labute approximate surface area is 144 Å². The van der Waals surface area contributed by atoms with Gasteiger partial charge in [-0.25, -0.2) is 0 Å². The molecule has 0 aliphatic carbocycles. The molecule has 0 fully saturated rings. The first-order chi connectivity index (χ1) is 12.2. The highest BCUT2D eigenvalue weighted by Gasteiger charge is 2.59. The van der Waals surface area contributed by atoms with E-state index in [9.17, 15) is 26.7 Å². The highest BCUT2D eigenvalue weighted by atomic mass is 19.4. The lowest BCUT2D eigenvalue weighted by Crippen LogP contribution is -2.33. The van der Waals surface area contributed by atoms with E-state index in [1.807, 2.05) is 0 Å². The first-order valence-electron chi connectivity index (χ1n) is 7.41. The molecule has 8 heteroatoms. The first kappa shape index (κ1) is 17.8. The second-order valence-corrected chi connectivity index (χ2v) is 5.45. The molecule has 3 rings (SSSR count). The monoisotopic (exact) mass is 366 g/mol. The van der Waals surface area contributed by atoms with Gasteiger partial charge in [-0.3, -0.25) is 9.78 Å². The van der Waals surface area contributed by atoms with Gasteiger partial charge in [-0.2, -0.15) is 22.0 Å². The SMILES string of the molecule is O=C(Nc1ccc(C(F)(F)C(F)(F)F)c2cccnc12)c1ccccc1. The Kier molecular flexibility index (Phi) is 4.35. The molecule has 0 saturated carbocycles. The number of aromatic nitrogens is 1. The predicted molar refractivity (Wildman–Crippen MR) is 86.1 cm³/mol. The van der Waals surface area contributed by atoms with E-state index in [0.717, 1.165) is 12.1 Å². The van der Waals surface area contributed by atoms with Crippen LogP contribution in [-0.2, 0) is 5.92 Å². The average Bonchev–Trinajstić information content (AvgIpc) is 2.61. The molecule has 0 unspecified atom stereocenters. The van der Waals surface area contributed by atoms with E-state index in [-0.39, 0.29) is 16.6 Å². The van der Waals surface area contributed by atoms with E-state index in [1.54, 1.807) is 18.2 Å². The van der Waals surface area contributed by atoms with Crippen LogP contribution < -0.4 is 5.32 Å². The van der Waals surface area contributed by atoms with Gasteiger partial charge in [0.05, 0.1) is 11.2 Å². The fourth-order valence-corrected chi connectivity index (χ4v) is 2.48. The van der Waals surface area contributed by atoms with E-state index >= 15 is 0 Å². The second kappa shape index (κ2) is 6.36. The summed E-state index contributed by atoms with van der Waals surface area (Å²) < 4.78 is 65.8. The number of hydrogen-bond donors (Lipinski definition) is 1. The van der Waals surface area contributed by atoms with Crippen LogP contribution in [0.15, 0.2) is 60.8 Å². The number of rotatable bonds is 3. The molecule has 3 aromatic rings. The number of alkyl halides is 5. The van der Waals surface area contributed by atoms with Gasteiger partial charge < -0.3 is 5.32 Å². The van der Waals surface area contributed by atoms with Crippen molar-refractivity contribution in [2.45, 2.75) is 12.1 Å². The lowest BCUT2D eigenvalue weighted by Gasteiger charge is -2.22. The van der Waals surface area contributed by atoms with E-state index < -0.39 is 23.6 Å². The molecule has 0 aliphatic heterocycles. The van der Waals surface area contributed by atoms with Gasteiger partial charge in [-0.05, 0) is 30.3 Å². The minimum Gasteiger partial charge on any atom is -0.320 e. The van der Waals surface area contributed by atoms with E-state index in [0.29, 0.717) is 11.6 Å². The third kappa shape index (κ3) is 3.10. The summed E-state index contributed by atoms with van der Waals surface area (Å²) in [4.78, 5) is 16.1. The van der Waals surface area contributed by atoms with Crippen molar-refractivity contribution in [1.29, 1.82) is 0 Å². The van der Waals surface area contributed by atoms with Crippen LogP contribution in [0.4, 0.5) is 27.6 Å². The summed E-state index contributed by atoms with van der Waals surface area (Å²) in [5.74, 6) is -5.58. The van der Waals surface area contributed by atoms with Crippen molar-refractivity contribution in [1.82, 2.24) is 4.98 Å². The summed E-state index contributed by atoms with van der Waals surface area (Å²) in [7, 11) is 0. The molecule has 1 aromatic heterocycles. The summed E-state index contributed by atoms with van der Waals surface area (Å²) in [6, 6.07) is 12.1. The number of nitrogens with zero attached hydrogens (tertiary/aromatic N) is 1. The number of carbonyl (C=O) groups excluding carboxylic acids is 1. The van der Waals surface area contributed by atoms with Crippen LogP contribution in [0.25, 0.3) is 10.9 Å². The number of hydrogen-bond acceptors (Lipinski definition) is 2. The average molecular weight is 366 g/mol. The van der Waals surface area contributed by atoms with Gasteiger partial charge in [0.2, 0.25) is 0 Å². The third-order valence-corrected chi connectivity index (χ3v) is 3.75. The molecule has 0 radical (unpaired) electrons. The second-order valence-electron chi connectivity index (χ2n) is 5.45. The van der Waals surface area contributed by atoms with Crippen molar-refractivity contribution in [2.75, 3.05) is 5.32 Å². The summed E-state index contributed by atoms with van der Waals surface area (Å²) >= 11 is 0. The molecule has 134 valence electrons. The van der Waals surface area contributed by atoms with Crippen molar-refractivity contribution < 1.29 is 26.7 Å². The predicted octanol–water partition coefficient (Wildman–Crippen LogP) is 5.14. The van der Waals surface area contributed by atoms with Crippen LogP contribution in [0.1, 0.15) is 15.9 Å². The molecule has 1 heterocycles. The molecule has 1 N–H and O–H groups in total. The zero-order valence-corrected chi connectivity index (χ0v) is 13.0. The molecule has 0 bridgehead atoms. The first-order valence-corrected chi connectivity index (χ1v) is 7.41. The molecule has 3 nitrogen and oxygen atoms in total. The number of benzene rings is 2. The maximum absolute atomic E-state index is 13.8. The normalized spacial score (nSPS) is 12.2. The highest BCUT2D eigenvalue weighted by Crippen LogP contribution is 2.46. The fourth-order valence-electron chi connectivity index (χ4n) is 2.48. The van der Waals surface area contributed by atoms with E-state index in [4.69, 9.17) is 0 Å². The Morgan fingerprint density at radius 3 is 2.23 bits per heavy atom. The Hall–Kier alpha value is -3.03. The molecule has 0 saturated heterocycles. The summed E-state index contributed by atoms with van der Waals surface area (Å²) in [6.07, 6.45) is -4.50. The van der Waals surface area contributed by atoms with Crippen LogP contribution >= 0.6 is 0 Å². The molecular formula is C18H11F5N2O. The lowest BCUT2D eigenvalue weighted by atomic mass is 10.0.